The Morgan fingerprint density at radius 2 is 1.82 bits per heavy atom. The Balaban J connectivity index is 1.97. The van der Waals surface area contributed by atoms with Crippen LogP contribution in [0.15, 0.2) is 41.6 Å². The molecule has 0 spiro atoms. The molecule has 5 amide bonds. The number of hydrogen-bond donors (Lipinski definition) is 4. The number of methoxy groups -OCH3 is 1. The first-order valence-electron chi connectivity index (χ1n) is 12.8. The van der Waals surface area contributed by atoms with Crippen LogP contribution >= 0.6 is 0 Å². The van der Waals surface area contributed by atoms with Gasteiger partial charge in [0.15, 0.2) is 0 Å². The summed E-state index contributed by atoms with van der Waals surface area (Å²) >= 11 is 0. The summed E-state index contributed by atoms with van der Waals surface area (Å²) in [4.78, 5) is 51.8. The molecule has 0 aliphatic carbocycles. The van der Waals surface area contributed by atoms with Crippen LogP contribution < -0.4 is 20.7 Å². The highest BCUT2D eigenvalue weighted by atomic mass is 16.5. The van der Waals surface area contributed by atoms with Crippen molar-refractivity contribution in [3.63, 3.8) is 0 Å². The lowest BCUT2D eigenvalue weighted by Crippen LogP contribution is -2.43. The van der Waals surface area contributed by atoms with Crippen molar-refractivity contribution in [1.82, 2.24) is 20.4 Å². The lowest BCUT2D eigenvalue weighted by molar-refractivity contribution is -0.136. The van der Waals surface area contributed by atoms with Crippen molar-refractivity contribution in [2.45, 2.75) is 46.5 Å². The molecule has 1 saturated heterocycles. The highest BCUT2D eigenvalue weighted by Gasteiger charge is 2.22. The highest BCUT2D eigenvalue weighted by Crippen LogP contribution is 2.26. The summed E-state index contributed by atoms with van der Waals surface area (Å²) in [6.07, 6.45) is 5.15. The summed E-state index contributed by atoms with van der Waals surface area (Å²) in [5.41, 5.74) is 3.01. The van der Waals surface area contributed by atoms with E-state index in [-0.39, 0.29) is 31.3 Å². The van der Waals surface area contributed by atoms with E-state index >= 15 is 0 Å². The van der Waals surface area contributed by atoms with Crippen LogP contribution in [0, 0.1) is 0 Å². The SMILES string of the molecule is C/C=C\C(NC(=O)Nc1ccc(CC(=O)N2CCCN(C(=O)NCCC(=O)O)CC2)cc1OC)=C(/C)CC. The number of amides is 5. The van der Waals surface area contributed by atoms with Crippen LogP contribution in [0.3, 0.4) is 0 Å². The predicted molar refractivity (Wildman–Crippen MR) is 145 cm³/mol. The Labute approximate surface area is 223 Å². The monoisotopic (exact) mass is 529 g/mol. The summed E-state index contributed by atoms with van der Waals surface area (Å²) in [5, 5.41) is 17.0. The molecule has 0 bridgehead atoms. The Morgan fingerprint density at radius 3 is 2.47 bits per heavy atom. The van der Waals surface area contributed by atoms with Crippen LogP contribution in [0.4, 0.5) is 15.3 Å². The van der Waals surface area contributed by atoms with E-state index in [0.29, 0.717) is 44.0 Å². The summed E-state index contributed by atoms with van der Waals surface area (Å²) in [5.74, 6) is -0.608. The van der Waals surface area contributed by atoms with Crippen LogP contribution in [0.25, 0.3) is 0 Å². The van der Waals surface area contributed by atoms with Crippen molar-refractivity contribution in [3.05, 3.63) is 47.2 Å². The Kier molecular flexibility index (Phi) is 12.1. The summed E-state index contributed by atoms with van der Waals surface area (Å²) in [7, 11) is 1.50. The second-order valence-corrected chi connectivity index (χ2v) is 8.94. The zero-order valence-corrected chi connectivity index (χ0v) is 22.6. The normalized spacial score (nSPS) is 14.4. The van der Waals surface area contributed by atoms with Gasteiger partial charge in [-0.05, 0) is 56.0 Å². The summed E-state index contributed by atoms with van der Waals surface area (Å²) < 4.78 is 5.46. The zero-order valence-electron chi connectivity index (χ0n) is 22.6. The maximum atomic E-state index is 13.0. The second-order valence-electron chi connectivity index (χ2n) is 8.94. The van der Waals surface area contributed by atoms with Gasteiger partial charge in [-0.1, -0.05) is 19.1 Å². The van der Waals surface area contributed by atoms with E-state index < -0.39 is 12.0 Å². The number of hydrogen-bond acceptors (Lipinski definition) is 5. The van der Waals surface area contributed by atoms with Crippen molar-refractivity contribution < 1.29 is 29.0 Å². The van der Waals surface area contributed by atoms with E-state index in [1.54, 1.807) is 28.0 Å². The minimum atomic E-state index is -0.973. The molecule has 1 aliphatic rings. The van der Waals surface area contributed by atoms with Gasteiger partial charge in [0.2, 0.25) is 5.91 Å². The number of nitrogens with zero attached hydrogens (tertiary/aromatic N) is 2. The van der Waals surface area contributed by atoms with Crippen molar-refractivity contribution in [2.75, 3.05) is 45.2 Å². The van der Waals surface area contributed by atoms with Crippen molar-refractivity contribution in [1.29, 1.82) is 0 Å². The van der Waals surface area contributed by atoms with E-state index in [1.165, 1.54) is 7.11 Å². The van der Waals surface area contributed by atoms with Crippen LogP contribution in [0.1, 0.15) is 45.6 Å². The molecule has 38 heavy (non-hydrogen) atoms. The number of urea groups is 2. The van der Waals surface area contributed by atoms with Crippen LogP contribution in [0.2, 0.25) is 0 Å². The zero-order chi connectivity index (χ0) is 28.1. The van der Waals surface area contributed by atoms with Crippen molar-refractivity contribution in [3.8, 4) is 5.75 Å². The van der Waals surface area contributed by atoms with E-state index in [4.69, 9.17) is 9.84 Å². The molecular formula is C27H39N5O6. The number of anilines is 1. The molecule has 11 heteroatoms. The number of carbonyl (C=O) groups is 4. The topological polar surface area (TPSA) is 140 Å². The van der Waals surface area contributed by atoms with E-state index in [1.807, 2.05) is 32.9 Å². The molecule has 208 valence electrons. The first-order chi connectivity index (χ1) is 18.2. The van der Waals surface area contributed by atoms with Gasteiger partial charge in [-0.2, -0.15) is 0 Å². The fraction of sp³-hybridized carbons (Fsp3) is 0.481. The van der Waals surface area contributed by atoms with E-state index in [2.05, 4.69) is 16.0 Å². The fourth-order valence-corrected chi connectivity index (χ4v) is 3.92. The fourth-order valence-electron chi connectivity index (χ4n) is 3.92. The van der Waals surface area contributed by atoms with Gasteiger partial charge < -0.3 is 35.6 Å². The van der Waals surface area contributed by atoms with Gasteiger partial charge in [-0.3, -0.25) is 9.59 Å². The third kappa shape index (κ3) is 9.45. The molecule has 4 N–H and O–H groups in total. The lowest BCUT2D eigenvalue weighted by atomic mass is 10.1. The summed E-state index contributed by atoms with van der Waals surface area (Å²) in [6, 6.07) is 4.49. The Morgan fingerprint density at radius 1 is 1.11 bits per heavy atom. The van der Waals surface area contributed by atoms with Gasteiger partial charge in [-0.15, -0.1) is 0 Å². The first kappa shape index (κ1) is 30.2. The summed E-state index contributed by atoms with van der Waals surface area (Å²) in [6.45, 7) is 7.69. The van der Waals surface area contributed by atoms with Gasteiger partial charge in [0, 0.05) is 38.4 Å². The molecule has 1 aliphatic heterocycles. The van der Waals surface area contributed by atoms with Gasteiger partial charge >= 0.3 is 18.0 Å². The van der Waals surface area contributed by atoms with E-state index in [9.17, 15) is 19.2 Å². The smallest absolute Gasteiger partial charge is 0.323 e. The van der Waals surface area contributed by atoms with Crippen LogP contribution in [-0.4, -0.2) is 78.7 Å². The second kappa shape index (κ2) is 15.3. The molecule has 1 aromatic rings. The number of allylic oxidation sites excluding steroid dienone is 3. The predicted octanol–water partition coefficient (Wildman–Crippen LogP) is 3.34. The maximum Gasteiger partial charge on any atom is 0.323 e. The molecule has 0 unspecified atom stereocenters. The molecule has 0 atom stereocenters. The van der Waals surface area contributed by atoms with Crippen LogP contribution in [-0.2, 0) is 16.0 Å². The third-order valence-electron chi connectivity index (χ3n) is 6.19. The molecule has 1 aromatic carbocycles. The molecule has 1 heterocycles. The van der Waals surface area contributed by atoms with E-state index in [0.717, 1.165) is 23.3 Å². The number of ether oxygens (including phenoxy) is 1. The molecule has 11 nitrogen and oxygen atoms in total. The minimum Gasteiger partial charge on any atom is -0.495 e. The minimum absolute atomic E-state index is 0.0632. The number of benzene rings is 1. The average molecular weight is 530 g/mol. The molecule has 1 fully saturated rings. The van der Waals surface area contributed by atoms with Gasteiger partial charge in [-0.25, -0.2) is 9.59 Å². The molecule has 0 radical (unpaired) electrons. The number of carbonyl (C=O) groups excluding carboxylic acids is 3. The van der Waals surface area contributed by atoms with Crippen LogP contribution in [0.5, 0.6) is 5.75 Å². The number of carboxylic acid groups (broad SMARTS) is 1. The number of nitrogens with one attached hydrogen (secondary N) is 3. The number of aliphatic carboxylic acids is 1. The third-order valence-corrected chi connectivity index (χ3v) is 6.19. The van der Waals surface area contributed by atoms with Gasteiger partial charge in [0.1, 0.15) is 5.75 Å². The first-order valence-corrected chi connectivity index (χ1v) is 12.8. The molecule has 2 rings (SSSR count). The molecule has 0 aromatic heterocycles. The quantitative estimate of drug-likeness (QED) is 0.343. The van der Waals surface area contributed by atoms with Crippen molar-refractivity contribution in [2.24, 2.45) is 0 Å². The largest absolute Gasteiger partial charge is 0.495 e. The number of rotatable bonds is 10. The average Bonchev–Trinajstić information content (AvgIpc) is 3.15. The van der Waals surface area contributed by atoms with Crippen molar-refractivity contribution >= 4 is 29.6 Å². The Hall–Kier alpha value is -4.02. The number of carboxylic acids is 1. The molecule has 0 saturated carbocycles. The highest BCUT2D eigenvalue weighted by molar-refractivity contribution is 5.92. The maximum absolute atomic E-state index is 13.0. The molecular weight excluding hydrogens is 490 g/mol. The van der Waals surface area contributed by atoms with Gasteiger partial charge in [0.25, 0.3) is 0 Å². The Bertz CT molecular complexity index is 1070. The lowest BCUT2D eigenvalue weighted by Gasteiger charge is -2.22. The standard InChI is InChI=1S/C27H39N5O6/c1-5-8-21(19(3)6-2)29-26(36)30-22-10-9-20(17-23(22)38-4)18-24(33)31-13-7-14-32(16-15-31)27(37)28-12-11-25(34)35/h5,8-10,17H,6-7,11-16,18H2,1-4H3,(H,28,37)(H,34,35)(H2,29,30,36)/b8-5-,21-19-. The van der Waals surface area contributed by atoms with Gasteiger partial charge in [0.05, 0.1) is 25.6 Å².